The number of carbonyl (C=O) groups excluding carboxylic acids is 1. The van der Waals surface area contributed by atoms with E-state index in [0.717, 1.165) is 11.1 Å². The number of ether oxygens (including phenoxy) is 2. The minimum absolute atomic E-state index is 0.0132. The van der Waals surface area contributed by atoms with Gasteiger partial charge in [0.05, 0.1) is 6.61 Å². The van der Waals surface area contributed by atoms with Crippen molar-refractivity contribution < 1.29 is 31.1 Å². The lowest BCUT2D eigenvalue weighted by molar-refractivity contribution is -0.141. The zero-order chi connectivity index (χ0) is 22.5. The van der Waals surface area contributed by atoms with Crippen LogP contribution in [0.4, 0.5) is 0 Å². The first-order valence-corrected chi connectivity index (χ1v) is 11.5. The predicted molar refractivity (Wildman–Crippen MR) is 115 cm³/mol. The molecule has 1 aliphatic heterocycles. The van der Waals surface area contributed by atoms with E-state index in [-0.39, 0.29) is 42.2 Å². The molecule has 0 amide bonds. The molecule has 1 saturated heterocycles. The van der Waals surface area contributed by atoms with Crippen LogP contribution in [0.2, 0.25) is 0 Å². The van der Waals surface area contributed by atoms with Gasteiger partial charge in [-0.05, 0) is 35.1 Å². The molecule has 0 saturated carbocycles. The fourth-order valence-electron chi connectivity index (χ4n) is 2.97. The van der Waals surface area contributed by atoms with E-state index in [1.807, 2.05) is 51.1 Å². The Labute approximate surface area is 183 Å². The SMILES string of the molecule is CC(C)(C)COS(=O)(=O)Oc1ccc(C[C@@H]2CCC(=O)O2)cc1OCc1ccccc1. The lowest BCUT2D eigenvalue weighted by atomic mass is 9.99. The van der Waals surface area contributed by atoms with Crippen LogP contribution in [-0.2, 0) is 37.1 Å². The summed E-state index contributed by atoms with van der Waals surface area (Å²) in [7, 11) is -4.27. The smallest absolute Gasteiger partial charge is 0.449 e. The Kier molecular flexibility index (Phi) is 7.23. The van der Waals surface area contributed by atoms with Crippen LogP contribution in [0.3, 0.4) is 0 Å². The molecule has 168 valence electrons. The normalized spacial score (nSPS) is 16.7. The second-order valence-electron chi connectivity index (χ2n) is 8.72. The van der Waals surface area contributed by atoms with Crippen LogP contribution < -0.4 is 8.92 Å². The molecule has 0 spiro atoms. The molecule has 31 heavy (non-hydrogen) atoms. The third-order valence-corrected chi connectivity index (χ3v) is 5.30. The largest absolute Gasteiger partial charge is 0.485 e. The molecule has 1 fully saturated rings. The van der Waals surface area contributed by atoms with Crippen molar-refractivity contribution in [1.82, 2.24) is 0 Å². The lowest BCUT2D eigenvalue weighted by Crippen LogP contribution is -2.22. The maximum atomic E-state index is 12.3. The molecule has 1 atom stereocenters. The first-order chi connectivity index (χ1) is 14.6. The highest BCUT2D eigenvalue weighted by atomic mass is 32.3. The number of rotatable bonds is 9. The van der Waals surface area contributed by atoms with Gasteiger partial charge in [0.25, 0.3) is 0 Å². The molecular weight excluding hydrogens is 420 g/mol. The Hall–Kier alpha value is -2.58. The van der Waals surface area contributed by atoms with Crippen molar-refractivity contribution in [2.24, 2.45) is 5.41 Å². The van der Waals surface area contributed by atoms with Gasteiger partial charge in [0.2, 0.25) is 0 Å². The summed E-state index contributed by atoms with van der Waals surface area (Å²) in [4.78, 5) is 11.4. The van der Waals surface area contributed by atoms with Crippen LogP contribution in [0.1, 0.15) is 44.7 Å². The second-order valence-corrected chi connectivity index (χ2v) is 9.94. The fourth-order valence-corrected chi connectivity index (χ4v) is 3.87. The van der Waals surface area contributed by atoms with E-state index in [1.54, 1.807) is 12.1 Å². The van der Waals surface area contributed by atoms with Gasteiger partial charge in [0, 0.05) is 12.8 Å². The van der Waals surface area contributed by atoms with Crippen molar-refractivity contribution in [1.29, 1.82) is 0 Å². The van der Waals surface area contributed by atoms with Gasteiger partial charge >= 0.3 is 16.4 Å². The van der Waals surface area contributed by atoms with Gasteiger partial charge in [0.1, 0.15) is 12.7 Å². The fraction of sp³-hybridized carbons (Fsp3) is 0.435. The van der Waals surface area contributed by atoms with E-state index in [1.165, 1.54) is 6.07 Å². The molecule has 0 bridgehead atoms. The summed E-state index contributed by atoms with van der Waals surface area (Å²) in [6.07, 6.45) is 1.39. The molecule has 7 nitrogen and oxygen atoms in total. The van der Waals surface area contributed by atoms with E-state index < -0.39 is 10.4 Å². The van der Waals surface area contributed by atoms with Crippen LogP contribution in [0.5, 0.6) is 11.5 Å². The third-order valence-electron chi connectivity index (χ3n) is 4.51. The predicted octanol–water partition coefficient (Wildman–Crippen LogP) is 4.20. The molecule has 2 aromatic carbocycles. The zero-order valence-electron chi connectivity index (χ0n) is 18.0. The summed E-state index contributed by atoms with van der Waals surface area (Å²) in [5.74, 6) is 0.109. The average molecular weight is 449 g/mol. The van der Waals surface area contributed by atoms with Crippen LogP contribution in [0.25, 0.3) is 0 Å². The Bertz CT molecular complexity index is 994. The van der Waals surface area contributed by atoms with Crippen molar-refractivity contribution in [3.8, 4) is 11.5 Å². The Balaban J connectivity index is 1.78. The van der Waals surface area contributed by atoms with Gasteiger partial charge in [-0.3, -0.25) is 4.79 Å². The zero-order valence-corrected chi connectivity index (χ0v) is 18.8. The van der Waals surface area contributed by atoms with E-state index in [9.17, 15) is 13.2 Å². The minimum atomic E-state index is -4.27. The Morgan fingerprint density at radius 3 is 2.42 bits per heavy atom. The van der Waals surface area contributed by atoms with E-state index in [0.29, 0.717) is 19.3 Å². The van der Waals surface area contributed by atoms with Crippen LogP contribution in [0.15, 0.2) is 48.5 Å². The molecule has 3 rings (SSSR count). The van der Waals surface area contributed by atoms with E-state index >= 15 is 0 Å². The minimum Gasteiger partial charge on any atom is -0.485 e. The quantitative estimate of drug-likeness (QED) is 0.531. The van der Waals surface area contributed by atoms with Crippen molar-refractivity contribution >= 4 is 16.4 Å². The van der Waals surface area contributed by atoms with Crippen molar-refractivity contribution in [3.63, 3.8) is 0 Å². The Morgan fingerprint density at radius 2 is 1.77 bits per heavy atom. The molecule has 0 radical (unpaired) electrons. The van der Waals surface area contributed by atoms with Crippen LogP contribution >= 0.6 is 0 Å². The van der Waals surface area contributed by atoms with Crippen molar-refractivity contribution in [2.75, 3.05) is 6.61 Å². The first-order valence-electron chi connectivity index (χ1n) is 10.2. The number of hydrogen-bond acceptors (Lipinski definition) is 7. The maximum absolute atomic E-state index is 12.3. The van der Waals surface area contributed by atoms with E-state index in [4.69, 9.17) is 17.8 Å². The molecule has 0 aliphatic carbocycles. The topological polar surface area (TPSA) is 88.1 Å². The second kappa shape index (κ2) is 9.70. The van der Waals surface area contributed by atoms with Crippen molar-refractivity contribution in [3.05, 3.63) is 59.7 Å². The standard InChI is InChI=1S/C23H28O7S/c1-23(2,3)16-28-31(25,26)30-20-11-9-18(13-19-10-12-22(24)29-19)14-21(20)27-15-17-7-5-4-6-8-17/h4-9,11,14,19H,10,12-13,15-16H2,1-3H3/t19-/m0/s1. The maximum Gasteiger partial charge on any atom is 0.449 e. The summed E-state index contributed by atoms with van der Waals surface area (Å²) < 4.78 is 46.0. The summed E-state index contributed by atoms with van der Waals surface area (Å²) in [6, 6.07) is 14.5. The first kappa shape index (κ1) is 23.1. The lowest BCUT2D eigenvalue weighted by Gasteiger charge is -2.18. The van der Waals surface area contributed by atoms with Gasteiger partial charge in [-0.25, -0.2) is 4.18 Å². The molecule has 0 N–H and O–H groups in total. The number of esters is 1. The average Bonchev–Trinajstić information content (AvgIpc) is 3.11. The summed E-state index contributed by atoms with van der Waals surface area (Å²) in [5, 5.41) is 0. The summed E-state index contributed by atoms with van der Waals surface area (Å²) >= 11 is 0. The Morgan fingerprint density at radius 1 is 1.03 bits per heavy atom. The number of cyclic esters (lactones) is 1. The van der Waals surface area contributed by atoms with Gasteiger partial charge in [-0.1, -0.05) is 57.2 Å². The van der Waals surface area contributed by atoms with E-state index in [2.05, 4.69) is 0 Å². The highest BCUT2D eigenvalue weighted by Gasteiger charge is 2.25. The highest BCUT2D eigenvalue weighted by molar-refractivity contribution is 7.82. The van der Waals surface area contributed by atoms with Gasteiger partial charge in [-0.2, -0.15) is 8.42 Å². The molecule has 1 heterocycles. The molecule has 8 heteroatoms. The molecular formula is C23H28O7S. The third kappa shape index (κ3) is 7.56. The highest BCUT2D eigenvalue weighted by Crippen LogP contribution is 2.32. The summed E-state index contributed by atoms with van der Waals surface area (Å²) in [5.41, 5.74) is 1.43. The monoisotopic (exact) mass is 448 g/mol. The van der Waals surface area contributed by atoms with Gasteiger partial charge in [-0.15, -0.1) is 0 Å². The van der Waals surface area contributed by atoms with Crippen LogP contribution in [-0.4, -0.2) is 27.1 Å². The molecule has 0 aromatic heterocycles. The van der Waals surface area contributed by atoms with Gasteiger partial charge in [0.15, 0.2) is 11.5 Å². The molecule has 1 aliphatic rings. The molecule has 2 aromatic rings. The van der Waals surface area contributed by atoms with Crippen LogP contribution in [0, 0.1) is 5.41 Å². The molecule has 0 unspecified atom stereocenters. The number of carbonyl (C=O) groups is 1. The number of hydrogen-bond donors (Lipinski definition) is 0. The van der Waals surface area contributed by atoms with Crippen molar-refractivity contribution in [2.45, 2.75) is 52.7 Å². The summed E-state index contributed by atoms with van der Waals surface area (Å²) in [6.45, 7) is 5.81. The number of benzene rings is 2. The van der Waals surface area contributed by atoms with Gasteiger partial charge < -0.3 is 13.7 Å².